The molecule has 0 aromatic heterocycles. The van der Waals surface area contributed by atoms with Gasteiger partial charge in [0.25, 0.3) is 0 Å². The molecule has 1 N–H and O–H groups in total. The number of carbonyl (C=O) groups is 1. The lowest BCUT2D eigenvalue weighted by Crippen LogP contribution is -2.55. The maximum Gasteiger partial charge on any atom is 0.245 e. The molecular weight excluding hydrogens is 295 g/mol. The smallest absolute Gasteiger partial charge is 0.245 e. The van der Waals surface area contributed by atoms with Crippen molar-refractivity contribution in [2.24, 2.45) is 0 Å². The van der Waals surface area contributed by atoms with Crippen LogP contribution in [0.3, 0.4) is 0 Å². The van der Waals surface area contributed by atoms with Crippen molar-refractivity contribution < 1.29 is 4.79 Å². The minimum atomic E-state index is -0.993. The highest BCUT2D eigenvalue weighted by molar-refractivity contribution is 6.37. The Morgan fingerprint density at radius 3 is 2.70 bits per heavy atom. The fourth-order valence-corrected chi connectivity index (χ4v) is 3.28. The van der Waals surface area contributed by atoms with Crippen LogP contribution < -0.4 is 5.32 Å². The van der Waals surface area contributed by atoms with E-state index in [4.69, 9.17) is 23.2 Å². The Morgan fingerprint density at radius 1 is 1.40 bits per heavy atom. The number of allylic oxidation sites excluding steroid dienone is 3. The first-order valence-electron chi connectivity index (χ1n) is 7.13. The molecule has 1 fully saturated rings. The number of hydrogen-bond donors (Lipinski definition) is 1. The van der Waals surface area contributed by atoms with Gasteiger partial charge in [-0.05, 0) is 39.4 Å². The molecule has 2 aliphatic rings. The Balaban J connectivity index is 2.01. The van der Waals surface area contributed by atoms with Crippen LogP contribution >= 0.6 is 23.2 Å². The lowest BCUT2D eigenvalue weighted by atomic mass is 9.88. The number of rotatable bonds is 3. The Bertz CT molecular complexity index is 434. The quantitative estimate of drug-likeness (QED) is 0.812. The van der Waals surface area contributed by atoms with Gasteiger partial charge in [0.15, 0.2) is 0 Å². The molecule has 0 heterocycles. The first kappa shape index (κ1) is 15.9. The van der Waals surface area contributed by atoms with E-state index < -0.39 is 4.87 Å². The lowest BCUT2D eigenvalue weighted by Gasteiger charge is -2.38. The minimum Gasteiger partial charge on any atom is -0.350 e. The average molecular weight is 317 g/mol. The zero-order chi connectivity index (χ0) is 14.8. The average Bonchev–Trinajstić information content (AvgIpc) is 2.42. The summed E-state index contributed by atoms with van der Waals surface area (Å²) in [6.45, 7) is 0. The SMILES string of the molecule is CN(C)C1CCCCC1NC(=O)C1(Cl)C=CC(Cl)=CC1. The van der Waals surface area contributed by atoms with Crippen LogP contribution in [0.2, 0.25) is 0 Å². The van der Waals surface area contributed by atoms with Crippen molar-refractivity contribution in [2.75, 3.05) is 14.1 Å². The zero-order valence-electron chi connectivity index (χ0n) is 12.0. The fraction of sp³-hybridized carbons (Fsp3) is 0.667. The fourth-order valence-electron chi connectivity index (χ4n) is 2.95. The molecule has 0 aromatic carbocycles. The number of halogens is 2. The Kier molecular flexibility index (Phi) is 5.16. The van der Waals surface area contributed by atoms with Crippen molar-refractivity contribution >= 4 is 29.1 Å². The second kappa shape index (κ2) is 6.50. The molecule has 3 unspecified atom stereocenters. The van der Waals surface area contributed by atoms with Gasteiger partial charge in [0, 0.05) is 17.1 Å². The third kappa shape index (κ3) is 3.57. The van der Waals surface area contributed by atoms with Crippen molar-refractivity contribution in [1.82, 2.24) is 10.2 Å². The van der Waals surface area contributed by atoms with E-state index >= 15 is 0 Å². The van der Waals surface area contributed by atoms with Crippen LogP contribution in [0.4, 0.5) is 0 Å². The van der Waals surface area contributed by atoms with Gasteiger partial charge in [-0.1, -0.05) is 36.6 Å². The first-order chi connectivity index (χ1) is 9.42. The summed E-state index contributed by atoms with van der Waals surface area (Å²) in [5.41, 5.74) is 0. The van der Waals surface area contributed by atoms with Gasteiger partial charge in [-0.25, -0.2) is 0 Å². The normalized spacial score (nSPS) is 34.0. The first-order valence-corrected chi connectivity index (χ1v) is 7.89. The second-order valence-electron chi connectivity index (χ2n) is 5.88. The van der Waals surface area contributed by atoms with E-state index in [0.29, 0.717) is 17.5 Å². The van der Waals surface area contributed by atoms with Gasteiger partial charge in [-0.3, -0.25) is 4.79 Å². The van der Waals surface area contributed by atoms with Crippen LogP contribution in [0.25, 0.3) is 0 Å². The summed E-state index contributed by atoms with van der Waals surface area (Å²) in [5, 5.41) is 3.78. The van der Waals surface area contributed by atoms with E-state index in [1.165, 1.54) is 6.42 Å². The van der Waals surface area contributed by atoms with Gasteiger partial charge in [-0.15, -0.1) is 11.6 Å². The predicted octanol–water partition coefficient (Wildman–Crippen LogP) is 3.04. The van der Waals surface area contributed by atoms with Gasteiger partial charge in [-0.2, -0.15) is 0 Å². The molecule has 1 amide bonds. The molecule has 5 heteroatoms. The molecule has 2 rings (SSSR count). The monoisotopic (exact) mass is 316 g/mol. The Labute approximate surface area is 131 Å². The number of amides is 1. The largest absolute Gasteiger partial charge is 0.350 e. The molecule has 112 valence electrons. The zero-order valence-corrected chi connectivity index (χ0v) is 13.5. The van der Waals surface area contributed by atoms with Crippen molar-refractivity contribution in [3.05, 3.63) is 23.3 Å². The van der Waals surface area contributed by atoms with Crippen molar-refractivity contribution in [3.8, 4) is 0 Å². The highest BCUT2D eigenvalue weighted by Crippen LogP contribution is 2.30. The van der Waals surface area contributed by atoms with E-state index in [2.05, 4.69) is 24.3 Å². The van der Waals surface area contributed by atoms with Gasteiger partial charge < -0.3 is 10.2 Å². The summed E-state index contributed by atoms with van der Waals surface area (Å²) >= 11 is 12.3. The molecule has 0 aliphatic heterocycles. The number of hydrogen-bond acceptors (Lipinski definition) is 2. The van der Waals surface area contributed by atoms with E-state index in [-0.39, 0.29) is 11.9 Å². The topological polar surface area (TPSA) is 32.3 Å². The van der Waals surface area contributed by atoms with Crippen LogP contribution in [0.5, 0.6) is 0 Å². The molecule has 0 radical (unpaired) electrons. The predicted molar refractivity (Wildman–Crippen MR) is 84.2 cm³/mol. The molecule has 0 spiro atoms. The van der Waals surface area contributed by atoms with Crippen molar-refractivity contribution in [3.63, 3.8) is 0 Å². The summed E-state index contributed by atoms with van der Waals surface area (Å²) in [6.07, 6.45) is 10.1. The summed E-state index contributed by atoms with van der Waals surface area (Å²) in [4.78, 5) is 13.7. The third-order valence-electron chi connectivity index (χ3n) is 4.19. The number of nitrogens with zero attached hydrogens (tertiary/aromatic N) is 1. The molecule has 0 aromatic rings. The van der Waals surface area contributed by atoms with Crippen LogP contribution in [0, 0.1) is 0 Å². The van der Waals surface area contributed by atoms with E-state index in [0.717, 1.165) is 19.3 Å². The van der Waals surface area contributed by atoms with Crippen LogP contribution in [0.1, 0.15) is 32.1 Å². The van der Waals surface area contributed by atoms with Crippen molar-refractivity contribution in [1.29, 1.82) is 0 Å². The molecule has 0 saturated heterocycles. The van der Waals surface area contributed by atoms with Crippen molar-refractivity contribution in [2.45, 2.75) is 49.1 Å². The van der Waals surface area contributed by atoms with Crippen LogP contribution in [0.15, 0.2) is 23.3 Å². The molecular formula is C15H22Cl2N2O. The molecule has 20 heavy (non-hydrogen) atoms. The van der Waals surface area contributed by atoms with E-state index in [1.807, 2.05) is 0 Å². The summed E-state index contributed by atoms with van der Waals surface area (Å²) < 4.78 is 0. The minimum absolute atomic E-state index is 0.116. The Hall–Kier alpha value is -0.510. The molecule has 3 nitrogen and oxygen atoms in total. The van der Waals surface area contributed by atoms with Gasteiger partial charge >= 0.3 is 0 Å². The highest BCUT2D eigenvalue weighted by atomic mass is 35.5. The molecule has 2 aliphatic carbocycles. The summed E-state index contributed by atoms with van der Waals surface area (Å²) in [7, 11) is 4.13. The van der Waals surface area contributed by atoms with Crippen LogP contribution in [-0.4, -0.2) is 41.9 Å². The van der Waals surface area contributed by atoms with Crippen LogP contribution in [-0.2, 0) is 4.79 Å². The maximum atomic E-state index is 12.5. The summed E-state index contributed by atoms with van der Waals surface area (Å²) in [6, 6.07) is 0.566. The Morgan fingerprint density at radius 2 is 2.10 bits per heavy atom. The number of alkyl halides is 1. The van der Waals surface area contributed by atoms with Gasteiger partial charge in [0.2, 0.25) is 5.91 Å². The standard InChI is InChI=1S/C15H22Cl2N2O/c1-19(2)13-6-4-3-5-12(13)18-14(20)15(17)9-7-11(16)8-10-15/h7-9,12-13H,3-6,10H2,1-2H3,(H,18,20). The number of carbonyl (C=O) groups excluding carboxylic acids is 1. The number of likely N-dealkylation sites (N-methyl/N-ethyl adjacent to an activating group) is 1. The third-order valence-corrected chi connectivity index (χ3v) is 4.92. The highest BCUT2D eigenvalue weighted by Gasteiger charge is 2.37. The second-order valence-corrected chi connectivity index (χ2v) is 7.00. The lowest BCUT2D eigenvalue weighted by molar-refractivity contribution is -0.123. The maximum absolute atomic E-state index is 12.5. The summed E-state index contributed by atoms with van der Waals surface area (Å²) in [5.74, 6) is -0.116. The molecule has 1 saturated carbocycles. The van der Waals surface area contributed by atoms with E-state index in [9.17, 15) is 4.79 Å². The number of nitrogens with one attached hydrogen (secondary N) is 1. The van der Waals surface area contributed by atoms with Gasteiger partial charge in [0.05, 0.1) is 0 Å². The molecule has 3 atom stereocenters. The van der Waals surface area contributed by atoms with Gasteiger partial charge in [0.1, 0.15) is 4.87 Å². The molecule has 0 bridgehead atoms. The van der Waals surface area contributed by atoms with E-state index in [1.54, 1.807) is 18.2 Å².